The summed E-state index contributed by atoms with van der Waals surface area (Å²) in [7, 11) is 1.53. The Bertz CT molecular complexity index is 1360. The molecule has 39 heavy (non-hydrogen) atoms. The van der Waals surface area contributed by atoms with Crippen LogP contribution in [0.3, 0.4) is 0 Å². The number of hydrogen-bond acceptors (Lipinski definition) is 3. The van der Waals surface area contributed by atoms with Gasteiger partial charge in [0.05, 0.1) is 36.8 Å². The van der Waals surface area contributed by atoms with Gasteiger partial charge in [0.2, 0.25) is 0 Å². The van der Waals surface area contributed by atoms with Crippen molar-refractivity contribution in [3.05, 3.63) is 83.6 Å². The van der Waals surface area contributed by atoms with Crippen LogP contribution in [0.5, 0.6) is 5.75 Å². The van der Waals surface area contributed by atoms with Crippen LogP contribution in [0.2, 0.25) is 0 Å². The SMILES string of the molecule is C=CC1C[N@+]2(Cc3cc(C(F)(F)F)cc(C(F)(F)F)c3)CCC1C[C@H]2[C@H](O)c1ccnc2ccc(OC)cc12. The molecular formula is C29H29F6N2O2+. The Labute approximate surface area is 222 Å². The number of halogens is 6. The minimum Gasteiger partial charge on any atom is -0.497 e. The van der Waals surface area contributed by atoms with Gasteiger partial charge in [-0.3, -0.25) is 4.98 Å². The van der Waals surface area contributed by atoms with E-state index in [-0.39, 0.29) is 34.5 Å². The van der Waals surface area contributed by atoms with Crippen molar-refractivity contribution in [2.75, 3.05) is 20.2 Å². The Balaban J connectivity index is 1.60. The molecule has 208 valence electrons. The first kappa shape index (κ1) is 27.5. The van der Waals surface area contributed by atoms with E-state index in [0.717, 1.165) is 18.6 Å². The van der Waals surface area contributed by atoms with E-state index in [9.17, 15) is 31.4 Å². The fraction of sp³-hybridized carbons (Fsp3) is 0.414. The average Bonchev–Trinajstić information content (AvgIpc) is 2.90. The van der Waals surface area contributed by atoms with Crippen LogP contribution in [0.15, 0.2) is 61.3 Å². The monoisotopic (exact) mass is 551 g/mol. The number of aliphatic hydroxyl groups excluding tert-OH is 1. The van der Waals surface area contributed by atoms with E-state index in [2.05, 4.69) is 11.6 Å². The largest absolute Gasteiger partial charge is 0.497 e. The summed E-state index contributed by atoms with van der Waals surface area (Å²) in [4.78, 5) is 4.37. The number of quaternary nitrogens is 1. The van der Waals surface area contributed by atoms with Gasteiger partial charge in [0.15, 0.2) is 0 Å². The number of aliphatic hydroxyl groups is 1. The lowest BCUT2D eigenvalue weighted by atomic mass is 9.71. The molecule has 1 aromatic heterocycles. The first-order valence-electron chi connectivity index (χ1n) is 12.7. The number of aromatic nitrogens is 1. The zero-order valence-electron chi connectivity index (χ0n) is 21.3. The van der Waals surface area contributed by atoms with Gasteiger partial charge in [0.1, 0.15) is 24.4 Å². The molecule has 3 aliphatic rings. The number of pyridine rings is 1. The summed E-state index contributed by atoms with van der Waals surface area (Å²) in [5.74, 6) is 0.843. The molecular weight excluding hydrogens is 522 g/mol. The normalized spacial score (nSPS) is 26.0. The fourth-order valence-corrected chi connectivity index (χ4v) is 6.59. The summed E-state index contributed by atoms with van der Waals surface area (Å²) in [6.45, 7) is 4.86. The van der Waals surface area contributed by atoms with E-state index in [1.807, 2.05) is 6.08 Å². The lowest BCUT2D eigenvalue weighted by Crippen LogP contribution is -2.67. The molecule has 2 bridgehead atoms. The van der Waals surface area contributed by atoms with Gasteiger partial charge in [0, 0.05) is 35.9 Å². The van der Waals surface area contributed by atoms with E-state index >= 15 is 0 Å². The molecule has 0 amide bonds. The predicted octanol–water partition coefficient (Wildman–Crippen LogP) is 6.93. The van der Waals surface area contributed by atoms with Crippen LogP contribution >= 0.6 is 0 Å². The molecule has 3 aromatic rings. The smallest absolute Gasteiger partial charge is 0.416 e. The standard InChI is InChI=1S/C29H29F6N2O2/c1-3-18-16-37(15-17-10-20(28(30,31)32)13-21(11-17)29(33,34)35)9-7-19(18)12-26(37)27(38)23-6-8-36-25-5-4-22(39-2)14-24(23)25/h3-6,8,10-11,13-14,18-19,26-27,38H,1,7,9,12,15-16H2,2H3/q+1/t18?,19?,26-,27+,37+/m0/s1. The summed E-state index contributed by atoms with van der Waals surface area (Å²) >= 11 is 0. The molecule has 10 heteroatoms. The third-order valence-corrected chi connectivity index (χ3v) is 8.49. The number of methoxy groups -OCH3 is 1. The van der Waals surface area contributed by atoms with E-state index in [1.54, 1.807) is 30.5 Å². The minimum absolute atomic E-state index is 0.0457. The Kier molecular flexibility index (Phi) is 6.91. The fourth-order valence-electron chi connectivity index (χ4n) is 6.59. The molecule has 2 aromatic carbocycles. The molecule has 0 aliphatic carbocycles. The van der Waals surface area contributed by atoms with Gasteiger partial charge in [0.25, 0.3) is 0 Å². The molecule has 0 radical (unpaired) electrons. The molecule has 3 fully saturated rings. The van der Waals surface area contributed by atoms with Gasteiger partial charge in [-0.25, -0.2) is 0 Å². The lowest BCUT2D eigenvalue weighted by molar-refractivity contribution is -0.984. The minimum atomic E-state index is -4.93. The highest BCUT2D eigenvalue weighted by Gasteiger charge is 2.54. The van der Waals surface area contributed by atoms with Crippen molar-refractivity contribution < 1.29 is 40.7 Å². The second-order valence-electron chi connectivity index (χ2n) is 10.7. The van der Waals surface area contributed by atoms with E-state index in [1.165, 1.54) is 7.11 Å². The first-order chi connectivity index (χ1) is 18.3. The number of fused-ring (bicyclic) bond motifs is 4. The summed E-state index contributed by atoms with van der Waals surface area (Å²) in [6.07, 6.45) is -6.16. The summed E-state index contributed by atoms with van der Waals surface area (Å²) in [5.41, 5.74) is -1.47. The molecule has 3 saturated heterocycles. The van der Waals surface area contributed by atoms with Crippen LogP contribution in [0, 0.1) is 11.8 Å². The van der Waals surface area contributed by atoms with Crippen molar-refractivity contribution >= 4 is 10.9 Å². The maximum absolute atomic E-state index is 13.6. The number of ether oxygens (including phenoxy) is 1. The number of piperidine rings is 3. The number of hydrogen-bond donors (Lipinski definition) is 1. The van der Waals surface area contributed by atoms with Crippen LogP contribution in [-0.4, -0.2) is 40.8 Å². The first-order valence-corrected chi connectivity index (χ1v) is 12.7. The lowest BCUT2D eigenvalue weighted by Gasteiger charge is -2.58. The van der Waals surface area contributed by atoms with E-state index in [0.29, 0.717) is 41.7 Å². The van der Waals surface area contributed by atoms with E-state index < -0.39 is 35.6 Å². The summed E-state index contributed by atoms with van der Waals surface area (Å²) in [5, 5.41) is 12.5. The number of rotatable bonds is 6. The highest BCUT2D eigenvalue weighted by atomic mass is 19.4. The maximum atomic E-state index is 13.6. The van der Waals surface area contributed by atoms with Gasteiger partial charge in [-0.1, -0.05) is 6.08 Å². The third-order valence-electron chi connectivity index (χ3n) is 8.49. The van der Waals surface area contributed by atoms with Crippen molar-refractivity contribution in [2.24, 2.45) is 11.8 Å². The van der Waals surface area contributed by atoms with Crippen molar-refractivity contribution in [1.29, 1.82) is 0 Å². The zero-order valence-corrected chi connectivity index (χ0v) is 21.3. The van der Waals surface area contributed by atoms with Gasteiger partial charge >= 0.3 is 12.4 Å². The van der Waals surface area contributed by atoms with Crippen LogP contribution in [0.4, 0.5) is 26.3 Å². The summed E-state index contributed by atoms with van der Waals surface area (Å²) < 4.78 is 87.2. The highest BCUT2D eigenvalue weighted by Crippen LogP contribution is 2.48. The Morgan fingerprint density at radius 2 is 1.77 bits per heavy atom. The Morgan fingerprint density at radius 1 is 1.08 bits per heavy atom. The van der Waals surface area contributed by atoms with Crippen LogP contribution < -0.4 is 4.74 Å². The molecule has 4 heterocycles. The van der Waals surface area contributed by atoms with Gasteiger partial charge in [-0.05, 0) is 53.9 Å². The van der Waals surface area contributed by atoms with Crippen molar-refractivity contribution in [2.45, 2.75) is 43.9 Å². The maximum Gasteiger partial charge on any atom is 0.416 e. The molecule has 1 N–H and O–H groups in total. The number of nitrogens with zero attached hydrogens (tertiary/aromatic N) is 2. The van der Waals surface area contributed by atoms with Crippen molar-refractivity contribution in [3.8, 4) is 5.75 Å². The van der Waals surface area contributed by atoms with Crippen molar-refractivity contribution in [1.82, 2.24) is 4.98 Å². The van der Waals surface area contributed by atoms with Gasteiger partial charge in [-0.2, -0.15) is 26.3 Å². The molecule has 0 saturated carbocycles. The number of benzene rings is 2. The second kappa shape index (κ2) is 9.82. The predicted molar refractivity (Wildman–Crippen MR) is 134 cm³/mol. The molecule has 0 spiro atoms. The zero-order chi connectivity index (χ0) is 28.2. The topological polar surface area (TPSA) is 42.4 Å². The van der Waals surface area contributed by atoms with Crippen molar-refractivity contribution in [3.63, 3.8) is 0 Å². The van der Waals surface area contributed by atoms with Crippen LogP contribution in [-0.2, 0) is 18.9 Å². The van der Waals surface area contributed by atoms with E-state index in [4.69, 9.17) is 4.74 Å². The second-order valence-corrected chi connectivity index (χ2v) is 10.7. The quantitative estimate of drug-likeness (QED) is 0.205. The molecule has 3 aliphatic heterocycles. The van der Waals surface area contributed by atoms with Gasteiger partial charge in [-0.15, -0.1) is 6.58 Å². The van der Waals surface area contributed by atoms with Crippen LogP contribution in [0.1, 0.15) is 41.2 Å². The molecule has 6 rings (SSSR count). The Morgan fingerprint density at radius 3 is 2.38 bits per heavy atom. The molecule has 2 unspecified atom stereocenters. The van der Waals surface area contributed by atoms with Crippen LogP contribution in [0.25, 0.3) is 10.9 Å². The Hall–Kier alpha value is -3.11. The molecule has 4 nitrogen and oxygen atoms in total. The van der Waals surface area contributed by atoms with Gasteiger partial charge < -0.3 is 14.3 Å². The summed E-state index contributed by atoms with van der Waals surface area (Å²) in [6, 6.07) is 8.34. The number of alkyl halides is 6. The molecule has 5 atom stereocenters. The average molecular weight is 552 g/mol. The highest BCUT2D eigenvalue weighted by molar-refractivity contribution is 5.83. The third kappa shape index (κ3) is 5.12.